The van der Waals surface area contributed by atoms with Crippen LogP contribution in [0.25, 0.3) is 0 Å². The van der Waals surface area contributed by atoms with Gasteiger partial charge in [0.25, 0.3) is 5.91 Å². The van der Waals surface area contributed by atoms with Crippen molar-refractivity contribution >= 4 is 5.91 Å². The number of hydrogen-bond donors (Lipinski definition) is 2. The minimum atomic E-state index is -4.48. The van der Waals surface area contributed by atoms with E-state index in [1.807, 2.05) is 13.8 Å². The summed E-state index contributed by atoms with van der Waals surface area (Å²) >= 11 is 0. The van der Waals surface area contributed by atoms with Crippen LogP contribution in [0, 0.1) is 0 Å². The molecule has 0 spiro atoms. The average molecular weight is 290 g/mol. The van der Waals surface area contributed by atoms with Gasteiger partial charge >= 0.3 is 6.18 Å². The average Bonchev–Trinajstić information content (AvgIpc) is 2.91. The van der Waals surface area contributed by atoms with E-state index in [0.717, 1.165) is 25.1 Å². The monoisotopic (exact) mass is 290 g/mol. The number of hydrogen-bond acceptors (Lipinski definition) is 2. The molecule has 1 amide bonds. The molecule has 4 nitrogen and oxygen atoms in total. The number of amides is 1. The van der Waals surface area contributed by atoms with Crippen LogP contribution in [0.2, 0.25) is 0 Å². The van der Waals surface area contributed by atoms with Crippen LogP contribution in [0.1, 0.15) is 42.7 Å². The zero-order valence-corrected chi connectivity index (χ0v) is 11.3. The summed E-state index contributed by atoms with van der Waals surface area (Å²) in [6.07, 6.45) is -1.78. The second-order valence-electron chi connectivity index (χ2n) is 5.55. The molecular weight excluding hydrogens is 273 g/mol. The third-order valence-corrected chi connectivity index (χ3v) is 3.29. The highest BCUT2D eigenvalue weighted by Gasteiger charge is 2.34. The van der Waals surface area contributed by atoms with Gasteiger partial charge in [-0.2, -0.15) is 13.2 Å². The summed E-state index contributed by atoms with van der Waals surface area (Å²) in [4.78, 5) is 13.8. The Morgan fingerprint density at radius 2 is 2.25 bits per heavy atom. The molecule has 0 bridgehead atoms. The van der Waals surface area contributed by atoms with Crippen molar-refractivity contribution in [3.63, 3.8) is 0 Å². The molecule has 1 unspecified atom stereocenters. The maximum absolute atomic E-state index is 12.4. The highest BCUT2D eigenvalue weighted by atomic mass is 19.4. The van der Waals surface area contributed by atoms with Gasteiger partial charge in [0.05, 0.1) is 17.3 Å². The standard InChI is InChI=1S/C13H17F3N2O2/c1-12(2)4-3-9(20-12)7-18-11(19)8-5-10(17-6-8)13(14,15)16/h5-6,9,17H,3-4,7H2,1-2H3,(H,18,19). The smallest absolute Gasteiger partial charge is 0.371 e. The topological polar surface area (TPSA) is 54.1 Å². The molecule has 1 aliphatic heterocycles. The van der Waals surface area contributed by atoms with Crippen molar-refractivity contribution in [2.45, 2.75) is 44.6 Å². The maximum Gasteiger partial charge on any atom is 0.431 e. The van der Waals surface area contributed by atoms with Crippen molar-refractivity contribution in [3.8, 4) is 0 Å². The molecule has 1 aliphatic rings. The Bertz CT molecular complexity index is 494. The first-order chi connectivity index (χ1) is 9.17. The number of ether oxygens (including phenoxy) is 1. The fourth-order valence-electron chi connectivity index (χ4n) is 2.22. The van der Waals surface area contributed by atoms with Crippen molar-refractivity contribution < 1.29 is 22.7 Å². The van der Waals surface area contributed by atoms with E-state index in [0.29, 0.717) is 6.54 Å². The second kappa shape index (κ2) is 5.12. The molecule has 2 N–H and O–H groups in total. The Labute approximate surface area is 114 Å². The molecule has 1 fully saturated rings. The van der Waals surface area contributed by atoms with E-state index in [1.165, 1.54) is 0 Å². The predicted octanol–water partition coefficient (Wildman–Crippen LogP) is 2.72. The third kappa shape index (κ3) is 3.53. The number of carbonyl (C=O) groups is 1. The van der Waals surface area contributed by atoms with Crippen molar-refractivity contribution in [2.75, 3.05) is 6.54 Å². The Morgan fingerprint density at radius 3 is 2.75 bits per heavy atom. The van der Waals surface area contributed by atoms with Crippen molar-refractivity contribution in [1.82, 2.24) is 10.3 Å². The normalized spacial score (nSPS) is 21.9. The van der Waals surface area contributed by atoms with Gasteiger partial charge in [0.2, 0.25) is 0 Å². The van der Waals surface area contributed by atoms with Crippen LogP contribution in [-0.2, 0) is 10.9 Å². The number of nitrogens with one attached hydrogen (secondary N) is 2. The van der Waals surface area contributed by atoms with Crippen LogP contribution in [0.4, 0.5) is 13.2 Å². The molecule has 0 radical (unpaired) electrons. The third-order valence-electron chi connectivity index (χ3n) is 3.29. The molecule has 1 aromatic rings. The van der Waals surface area contributed by atoms with E-state index >= 15 is 0 Å². The zero-order chi connectivity index (χ0) is 15.0. The van der Waals surface area contributed by atoms with Gasteiger partial charge in [-0.1, -0.05) is 0 Å². The van der Waals surface area contributed by atoms with E-state index in [-0.39, 0.29) is 17.3 Å². The molecular formula is C13H17F3N2O2. The highest BCUT2D eigenvalue weighted by Crippen LogP contribution is 2.29. The quantitative estimate of drug-likeness (QED) is 0.899. The van der Waals surface area contributed by atoms with Gasteiger partial charge < -0.3 is 15.0 Å². The SMILES string of the molecule is CC1(C)CCC(CNC(=O)c2c[nH]c(C(F)(F)F)c2)O1. The Morgan fingerprint density at radius 1 is 1.55 bits per heavy atom. The lowest BCUT2D eigenvalue weighted by Gasteiger charge is -2.19. The largest absolute Gasteiger partial charge is 0.431 e. The summed E-state index contributed by atoms with van der Waals surface area (Å²) in [5.74, 6) is -0.537. The summed E-state index contributed by atoms with van der Waals surface area (Å²) in [5, 5.41) is 2.59. The lowest BCUT2D eigenvalue weighted by Crippen LogP contribution is -2.33. The molecule has 1 aromatic heterocycles. The molecule has 0 saturated carbocycles. The first-order valence-corrected chi connectivity index (χ1v) is 6.39. The van der Waals surface area contributed by atoms with Gasteiger partial charge in [-0.15, -0.1) is 0 Å². The molecule has 7 heteroatoms. The predicted molar refractivity (Wildman–Crippen MR) is 66.3 cm³/mol. The fraction of sp³-hybridized carbons (Fsp3) is 0.615. The van der Waals surface area contributed by atoms with Gasteiger partial charge in [0.15, 0.2) is 0 Å². The molecule has 2 rings (SSSR count). The molecule has 1 saturated heterocycles. The number of aromatic amines is 1. The van der Waals surface area contributed by atoms with Crippen molar-refractivity contribution in [1.29, 1.82) is 0 Å². The number of carbonyl (C=O) groups excluding carboxylic acids is 1. The summed E-state index contributed by atoms with van der Waals surface area (Å²) in [7, 11) is 0. The van der Waals surface area contributed by atoms with Crippen LogP contribution >= 0.6 is 0 Å². The van der Waals surface area contributed by atoms with Crippen LogP contribution in [-0.4, -0.2) is 29.1 Å². The van der Waals surface area contributed by atoms with E-state index < -0.39 is 17.8 Å². The maximum atomic E-state index is 12.4. The molecule has 112 valence electrons. The summed E-state index contributed by atoms with van der Waals surface area (Å²) in [6, 6.07) is 0.800. The Kier molecular flexibility index (Phi) is 3.82. The molecule has 20 heavy (non-hydrogen) atoms. The van der Waals surface area contributed by atoms with Gasteiger partial charge in [0.1, 0.15) is 5.69 Å². The van der Waals surface area contributed by atoms with Gasteiger partial charge in [-0.25, -0.2) is 0 Å². The first kappa shape index (κ1) is 14.9. The minimum absolute atomic E-state index is 0.0328. The number of aromatic nitrogens is 1. The summed E-state index contributed by atoms with van der Waals surface area (Å²) in [5.41, 5.74) is -1.16. The molecule has 0 aromatic carbocycles. The second-order valence-corrected chi connectivity index (χ2v) is 5.55. The number of H-pyrrole nitrogens is 1. The lowest BCUT2D eigenvalue weighted by molar-refractivity contribution is -0.140. The van der Waals surface area contributed by atoms with Gasteiger partial charge in [0, 0.05) is 12.7 Å². The Hall–Kier alpha value is -1.50. The number of rotatable bonds is 3. The van der Waals surface area contributed by atoms with Crippen LogP contribution in [0.5, 0.6) is 0 Å². The summed E-state index contributed by atoms with van der Waals surface area (Å²) in [6.45, 7) is 4.24. The number of alkyl halides is 3. The van der Waals surface area contributed by atoms with E-state index in [1.54, 1.807) is 0 Å². The number of halogens is 3. The molecule has 0 aliphatic carbocycles. The van der Waals surface area contributed by atoms with E-state index in [9.17, 15) is 18.0 Å². The van der Waals surface area contributed by atoms with Crippen molar-refractivity contribution in [3.05, 3.63) is 23.5 Å². The van der Waals surface area contributed by atoms with Crippen LogP contribution < -0.4 is 5.32 Å². The lowest BCUT2D eigenvalue weighted by atomic mass is 10.1. The zero-order valence-electron chi connectivity index (χ0n) is 11.3. The van der Waals surface area contributed by atoms with E-state index in [2.05, 4.69) is 10.3 Å². The highest BCUT2D eigenvalue weighted by molar-refractivity contribution is 5.94. The van der Waals surface area contributed by atoms with Crippen molar-refractivity contribution in [2.24, 2.45) is 0 Å². The summed E-state index contributed by atoms with van der Waals surface area (Å²) < 4.78 is 42.9. The molecule has 1 atom stereocenters. The van der Waals surface area contributed by atoms with E-state index in [4.69, 9.17) is 4.74 Å². The Balaban J connectivity index is 1.88. The fourth-order valence-corrected chi connectivity index (χ4v) is 2.22. The minimum Gasteiger partial charge on any atom is -0.371 e. The first-order valence-electron chi connectivity index (χ1n) is 6.39. The van der Waals surface area contributed by atoms with Crippen LogP contribution in [0.3, 0.4) is 0 Å². The molecule has 2 heterocycles. The van der Waals surface area contributed by atoms with Crippen LogP contribution in [0.15, 0.2) is 12.3 Å². The van der Waals surface area contributed by atoms with Gasteiger partial charge in [-0.3, -0.25) is 4.79 Å². The van der Waals surface area contributed by atoms with Gasteiger partial charge in [-0.05, 0) is 32.8 Å².